The van der Waals surface area contributed by atoms with Crippen molar-refractivity contribution in [1.29, 1.82) is 0 Å². The van der Waals surface area contributed by atoms with Crippen LogP contribution in [0.1, 0.15) is 5.56 Å². The van der Waals surface area contributed by atoms with Gasteiger partial charge in [0.25, 0.3) is 0 Å². The van der Waals surface area contributed by atoms with Crippen molar-refractivity contribution >= 4 is 12.0 Å². The number of hydrogen-bond acceptors (Lipinski definition) is 13. The molecule has 1 aliphatic carbocycles. The second-order valence-corrected chi connectivity index (χ2v) is 10.0. The van der Waals surface area contributed by atoms with Gasteiger partial charge in [-0.15, -0.1) is 0 Å². The number of phenolic OH excluding ortho intramolecular Hbond substituents is 4. The van der Waals surface area contributed by atoms with E-state index in [0.29, 0.717) is 5.56 Å². The molecule has 8 N–H and O–H groups in total. The molecule has 236 valence electrons. The minimum Gasteiger partial charge on any atom is -0.507 e. The van der Waals surface area contributed by atoms with E-state index in [2.05, 4.69) is 0 Å². The highest BCUT2D eigenvalue weighted by Gasteiger charge is 2.47. The van der Waals surface area contributed by atoms with Gasteiger partial charge < -0.3 is 63.9 Å². The van der Waals surface area contributed by atoms with Crippen LogP contribution in [-0.2, 0) is 9.47 Å². The summed E-state index contributed by atoms with van der Waals surface area (Å²) in [5, 5.41) is 71.3. The van der Waals surface area contributed by atoms with E-state index in [4.69, 9.17) is 23.4 Å². The highest BCUT2D eigenvalue weighted by molar-refractivity contribution is 5.88. The van der Waals surface area contributed by atoms with Gasteiger partial charge in [-0.25, -0.2) is 0 Å². The van der Waals surface area contributed by atoms with Crippen LogP contribution in [-0.4, -0.2) is 90.9 Å². The molecule has 0 spiro atoms. The summed E-state index contributed by atoms with van der Waals surface area (Å²) >= 11 is 0. The Morgan fingerprint density at radius 3 is 2.36 bits per heavy atom. The second-order valence-electron chi connectivity index (χ2n) is 10.0. The first-order valence-electron chi connectivity index (χ1n) is 13.4. The third-order valence-corrected chi connectivity index (χ3v) is 6.97. The van der Waals surface area contributed by atoms with Crippen molar-refractivity contribution in [2.24, 2.45) is 0 Å². The second kappa shape index (κ2) is 12.8. The van der Waals surface area contributed by atoms with Crippen LogP contribution in [0, 0.1) is 0 Å². The molecular weight excluding hydrogens is 596 g/mol. The summed E-state index contributed by atoms with van der Waals surface area (Å²) in [7, 11) is 1.33. The van der Waals surface area contributed by atoms with Gasteiger partial charge in [0.15, 0.2) is 46.0 Å². The van der Waals surface area contributed by atoms with E-state index < -0.39 is 54.5 Å². The summed E-state index contributed by atoms with van der Waals surface area (Å²) in [6, 6.07) is 11.6. The molecule has 14 heteroatoms. The predicted octanol–water partition coefficient (Wildman–Crippen LogP) is 1.66. The molecule has 14 nitrogen and oxygen atoms in total. The molecule has 1 saturated heterocycles. The Labute approximate surface area is 254 Å². The van der Waals surface area contributed by atoms with Crippen molar-refractivity contribution in [2.75, 3.05) is 13.7 Å². The van der Waals surface area contributed by atoms with Crippen molar-refractivity contribution in [3.8, 4) is 57.1 Å². The lowest BCUT2D eigenvalue weighted by atomic mass is 9.99. The Kier molecular flexibility index (Phi) is 8.83. The summed E-state index contributed by atoms with van der Waals surface area (Å²) in [5.74, 6) is -2.01. The van der Waals surface area contributed by atoms with Crippen molar-refractivity contribution < 1.29 is 63.9 Å². The fourth-order valence-electron chi connectivity index (χ4n) is 4.59. The number of carbonyl (C=O) groups excluding carboxylic acids is 1. The van der Waals surface area contributed by atoms with Crippen LogP contribution in [0.4, 0.5) is 0 Å². The van der Waals surface area contributed by atoms with Crippen LogP contribution in [0.25, 0.3) is 28.7 Å². The summed E-state index contributed by atoms with van der Waals surface area (Å²) in [4.78, 5) is 22.2. The van der Waals surface area contributed by atoms with Crippen LogP contribution >= 0.6 is 0 Å². The number of aliphatic hydroxyl groups excluding tert-OH is 3. The molecular formula is C31H29O14+. The fraction of sp³-hybridized carbons (Fsp3) is 0.226. The van der Waals surface area contributed by atoms with Gasteiger partial charge in [-0.1, -0.05) is 6.07 Å². The third-order valence-electron chi connectivity index (χ3n) is 6.97. The first-order chi connectivity index (χ1) is 21.4. The van der Waals surface area contributed by atoms with Gasteiger partial charge in [0, 0.05) is 17.7 Å². The first-order valence-corrected chi connectivity index (χ1v) is 13.4. The average Bonchev–Trinajstić information content (AvgIpc) is 3.01. The number of aromatic hydroxyl groups is 4. The number of fused-ring (bicyclic) bond motifs is 1. The molecule has 5 rings (SSSR count). The van der Waals surface area contributed by atoms with E-state index in [-0.39, 0.29) is 51.4 Å². The minimum atomic E-state index is -1.80. The summed E-state index contributed by atoms with van der Waals surface area (Å²) in [6.45, 7) is -0.515. The van der Waals surface area contributed by atoms with E-state index in [9.17, 15) is 45.3 Å². The minimum absolute atomic E-state index is 0.0113. The summed E-state index contributed by atoms with van der Waals surface area (Å²) in [5.41, 5.74) is 0.241. The largest absolute Gasteiger partial charge is 0.510 e. The van der Waals surface area contributed by atoms with Crippen molar-refractivity contribution in [3.63, 3.8) is 0 Å². The zero-order chi connectivity index (χ0) is 32.4. The van der Waals surface area contributed by atoms with E-state index in [1.54, 1.807) is 0 Å². The lowest BCUT2D eigenvalue weighted by Crippen LogP contribution is -2.60. The molecule has 2 heterocycles. The molecule has 2 aromatic rings. The number of benzene rings is 3. The SMILES string of the molecule is COc1cc(-c2oc3cc(=O)cc(O)c-3cc2O[C@@H]2O[C@H](COC(=[OH+])C=Cc3ccc(O)c(O)c3)[C@@H](O)[C@H](O)[C@H]2O)ccc1O. The maximum atomic E-state index is 12.0. The molecule has 0 aromatic heterocycles. The monoisotopic (exact) mass is 625 g/mol. The molecule has 1 fully saturated rings. The first kappa shape index (κ1) is 31.2. The lowest BCUT2D eigenvalue weighted by Gasteiger charge is -2.39. The molecule has 0 amide bonds. The lowest BCUT2D eigenvalue weighted by molar-refractivity contribution is -0.276. The predicted molar refractivity (Wildman–Crippen MR) is 156 cm³/mol. The van der Waals surface area contributed by atoms with Crippen molar-refractivity contribution in [3.05, 3.63) is 76.5 Å². The molecule has 0 radical (unpaired) electrons. The van der Waals surface area contributed by atoms with E-state index in [1.807, 2.05) is 0 Å². The molecule has 45 heavy (non-hydrogen) atoms. The number of methoxy groups -OCH3 is 1. The Hall–Kier alpha value is -5.28. The van der Waals surface area contributed by atoms with Gasteiger partial charge in [-0.05, 0) is 48.0 Å². The van der Waals surface area contributed by atoms with E-state index in [1.165, 1.54) is 55.7 Å². The van der Waals surface area contributed by atoms with Crippen LogP contribution < -0.4 is 14.9 Å². The molecule has 0 bridgehead atoms. The smallest absolute Gasteiger partial charge is 0.507 e. The number of hydrogen-bond donors (Lipinski definition) is 7. The number of ether oxygens (including phenoxy) is 4. The Morgan fingerprint density at radius 2 is 1.62 bits per heavy atom. The average molecular weight is 626 g/mol. The topological polar surface area (TPSA) is 230 Å². The van der Waals surface area contributed by atoms with Crippen LogP contribution in [0.2, 0.25) is 0 Å². The van der Waals surface area contributed by atoms with E-state index in [0.717, 1.165) is 18.2 Å². The molecule has 5 atom stereocenters. The van der Waals surface area contributed by atoms with Gasteiger partial charge in [0.1, 0.15) is 29.8 Å². The van der Waals surface area contributed by atoms with Gasteiger partial charge in [-0.3, -0.25) is 4.79 Å². The van der Waals surface area contributed by atoms with Crippen molar-refractivity contribution in [1.82, 2.24) is 0 Å². The maximum Gasteiger partial charge on any atom is 0.510 e. The highest BCUT2D eigenvalue weighted by atomic mass is 16.7. The Morgan fingerprint density at radius 1 is 0.867 bits per heavy atom. The Balaban J connectivity index is 1.40. The number of rotatable bonds is 8. The zero-order valence-corrected chi connectivity index (χ0v) is 23.5. The van der Waals surface area contributed by atoms with Crippen LogP contribution in [0.3, 0.4) is 0 Å². The van der Waals surface area contributed by atoms with Crippen molar-refractivity contribution in [2.45, 2.75) is 30.7 Å². The quantitative estimate of drug-likeness (QED) is 0.0640. The molecule has 2 aromatic carbocycles. The summed E-state index contributed by atoms with van der Waals surface area (Å²) in [6.07, 6.45) is -5.76. The molecule has 0 saturated carbocycles. The Bertz CT molecular complexity index is 1760. The normalized spacial score (nSPS) is 21.6. The standard InChI is InChI=1S/C31H28O14/c1-41-23-9-15(4-6-19(23)34)30-24(12-17-20(35)10-16(32)11-22(17)43-30)44-31-29(40)28(39)27(38)25(45-31)13-42-26(37)7-3-14-2-5-18(33)21(36)8-14/h2-12,25,27-29,31,33-36,38-40H,13H2,1H3/p+1/t25-,27-,28+,29-,31-/m1/s1. The zero-order valence-electron chi connectivity index (χ0n) is 23.5. The number of phenols is 4. The van der Waals surface area contributed by atoms with Gasteiger partial charge in [-0.2, -0.15) is 0 Å². The highest BCUT2D eigenvalue weighted by Crippen LogP contribution is 2.43. The van der Waals surface area contributed by atoms with E-state index >= 15 is 0 Å². The maximum absolute atomic E-state index is 12.0. The number of esters is 1. The third kappa shape index (κ3) is 6.63. The van der Waals surface area contributed by atoms with Crippen LogP contribution in [0.5, 0.6) is 34.5 Å². The van der Waals surface area contributed by atoms with Gasteiger partial charge in [0.2, 0.25) is 12.9 Å². The summed E-state index contributed by atoms with van der Waals surface area (Å²) < 4.78 is 28.0. The molecule has 2 aliphatic heterocycles. The van der Waals surface area contributed by atoms with Crippen LogP contribution in [0.15, 0.2) is 69.9 Å². The molecule has 3 aliphatic rings. The molecule has 0 unspecified atom stereocenters. The van der Waals surface area contributed by atoms with Gasteiger partial charge >= 0.3 is 5.97 Å². The number of aliphatic hydroxyl groups is 3. The van der Waals surface area contributed by atoms with Gasteiger partial charge in [0.05, 0.1) is 18.7 Å². The fourth-order valence-corrected chi connectivity index (χ4v) is 4.59.